The molecule has 0 aliphatic heterocycles. The lowest BCUT2D eigenvalue weighted by Gasteiger charge is -2.35. The minimum absolute atomic E-state index is 0.0735. The summed E-state index contributed by atoms with van der Waals surface area (Å²) in [4.78, 5) is 0. The average molecular weight is 629 g/mol. The predicted octanol–water partition coefficient (Wildman–Crippen LogP) is 8.76. The first-order chi connectivity index (χ1) is 19.2. The number of benzene rings is 1. The molecule has 0 heterocycles. The normalized spacial score (nSPS) is 23.2. The van der Waals surface area contributed by atoms with Crippen LogP contribution in [0.3, 0.4) is 0 Å². The Kier molecular flexibility index (Phi) is 10.2. The fourth-order valence-electron chi connectivity index (χ4n) is 6.74. The maximum atomic E-state index is 15.3. The smallest absolute Gasteiger partial charge is 0.377 e. The molecule has 3 aliphatic rings. The molecule has 234 valence electrons. The van der Waals surface area contributed by atoms with E-state index in [9.17, 15) is 25.8 Å². The van der Waals surface area contributed by atoms with Gasteiger partial charge in [-0.15, -0.1) is 0 Å². The van der Waals surface area contributed by atoms with Gasteiger partial charge >= 0.3 is 21.3 Å². The SMILES string of the molecule is COS(=O)C(C)(F)C(F)(F)C(F)(F)S(=O)(=O)Oc1c(C2CCCCC2)cc(C2CCCCC2)cc1C1CCCCC1. The van der Waals surface area contributed by atoms with E-state index >= 15 is 8.78 Å². The van der Waals surface area contributed by atoms with Crippen LogP contribution in [0.2, 0.25) is 0 Å². The zero-order chi connectivity index (χ0) is 30.1. The van der Waals surface area contributed by atoms with Gasteiger partial charge in [0.1, 0.15) is 5.75 Å². The van der Waals surface area contributed by atoms with Gasteiger partial charge in [-0.2, -0.15) is 26.0 Å². The molecular formula is C29H41F5O5S2. The van der Waals surface area contributed by atoms with E-state index in [4.69, 9.17) is 4.18 Å². The van der Waals surface area contributed by atoms with Crippen LogP contribution in [0.15, 0.2) is 12.1 Å². The van der Waals surface area contributed by atoms with Crippen LogP contribution < -0.4 is 4.18 Å². The average Bonchev–Trinajstić information content (AvgIpc) is 2.97. The summed E-state index contributed by atoms with van der Waals surface area (Å²) in [5, 5.41) is -10.6. The standard InChI is InChI=1S/C29H41F5O5S2/c1-27(30,40(35)38-2)28(31,32)29(33,34)41(36,37)39-26-24(21-14-8-4-9-15-21)18-23(20-12-6-3-7-13-20)19-25(26)22-16-10-5-11-17-22/h18-22H,3-17H2,1-2H3. The Morgan fingerprint density at radius 2 is 1.12 bits per heavy atom. The second-order valence-electron chi connectivity index (χ2n) is 12.0. The zero-order valence-corrected chi connectivity index (χ0v) is 25.4. The maximum Gasteiger partial charge on any atom is 0.447 e. The molecule has 4 rings (SSSR count). The molecule has 2 unspecified atom stereocenters. The van der Waals surface area contributed by atoms with Crippen LogP contribution in [0.1, 0.15) is 138 Å². The molecule has 1 aromatic carbocycles. The molecule has 0 amide bonds. The lowest BCUT2D eigenvalue weighted by atomic mass is 9.75. The fourth-order valence-corrected chi connectivity index (χ4v) is 8.48. The summed E-state index contributed by atoms with van der Waals surface area (Å²) in [6, 6.07) is 3.69. The molecule has 12 heteroatoms. The molecule has 0 N–H and O–H groups in total. The van der Waals surface area contributed by atoms with Gasteiger partial charge in [0.2, 0.25) is 11.1 Å². The Morgan fingerprint density at radius 3 is 1.51 bits per heavy atom. The Hall–Kier alpha value is -1.27. The lowest BCUT2D eigenvalue weighted by Crippen LogP contribution is -2.60. The van der Waals surface area contributed by atoms with Crippen molar-refractivity contribution in [1.29, 1.82) is 0 Å². The summed E-state index contributed by atoms with van der Waals surface area (Å²) in [5.74, 6) is -6.37. The molecule has 0 aromatic heterocycles. The highest BCUT2D eigenvalue weighted by Gasteiger charge is 2.78. The van der Waals surface area contributed by atoms with Crippen molar-refractivity contribution < 1.29 is 42.9 Å². The van der Waals surface area contributed by atoms with Crippen LogP contribution in [0, 0.1) is 0 Å². The van der Waals surface area contributed by atoms with Gasteiger partial charge in [-0.1, -0.05) is 69.9 Å². The fraction of sp³-hybridized carbons (Fsp3) is 0.793. The van der Waals surface area contributed by atoms with Gasteiger partial charge in [0.05, 0.1) is 7.11 Å². The van der Waals surface area contributed by atoms with Gasteiger partial charge in [-0.3, -0.25) is 4.18 Å². The number of rotatable bonds is 10. The van der Waals surface area contributed by atoms with Gasteiger partial charge in [-0.05, 0) is 79.9 Å². The van der Waals surface area contributed by atoms with Crippen molar-refractivity contribution in [3.05, 3.63) is 28.8 Å². The van der Waals surface area contributed by atoms with Gasteiger partial charge in [0.15, 0.2) is 0 Å². The molecule has 2 atom stereocenters. The van der Waals surface area contributed by atoms with Gasteiger partial charge < -0.3 is 4.18 Å². The predicted molar refractivity (Wildman–Crippen MR) is 148 cm³/mol. The molecular weight excluding hydrogens is 587 g/mol. The molecule has 0 bridgehead atoms. The molecule has 3 aliphatic carbocycles. The number of hydrogen-bond acceptors (Lipinski definition) is 5. The van der Waals surface area contributed by atoms with Crippen LogP contribution in [0.4, 0.5) is 22.0 Å². The van der Waals surface area contributed by atoms with E-state index < -0.39 is 37.4 Å². The zero-order valence-electron chi connectivity index (χ0n) is 23.7. The Morgan fingerprint density at radius 1 is 0.732 bits per heavy atom. The number of hydrogen-bond donors (Lipinski definition) is 0. The molecule has 0 spiro atoms. The molecule has 3 fully saturated rings. The number of alkyl halides is 5. The van der Waals surface area contributed by atoms with Crippen molar-refractivity contribution in [3.63, 3.8) is 0 Å². The third-order valence-electron chi connectivity index (χ3n) is 9.23. The van der Waals surface area contributed by atoms with Crippen molar-refractivity contribution in [2.24, 2.45) is 0 Å². The summed E-state index contributed by atoms with van der Waals surface area (Å²) in [6.07, 6.45) is 13.3. The van der Waals surface area contributed by atoms with Gasteiger partial charge in [0, 0.05) is 0 Å². The van der Waals surface area contributed by atoms with E-state index in [0.29, 0.717) is 43.9 Å². The molecule has 0 radical (unpaired) electrons. The first-order valence-electron chi connectivity index (χ1n) is 14.8. The van der Waals surface area contributed by atoms with Crippen molar-refractivity contribution in [2.75, 3.05) is 7.11 Å². The van der Waals surface area contributed by atoms with E-state index in [2.05, 4.69) is 4.18 Å². The monoisotopic (exact) mass is 628 g/mol. The van der Waals surface area contributed by atoms with Crippen molar-refractivity contribution in [2.45, 2.75) is 137 Å². The summed E-state index contributed by atoms with van der Waals surface area (Å²) in [6.45, 7) is -0.0735. The highest BCUT2D eigenvalue weighted by atomic mass is 32.2. The minimum atomic E-state index is -6.47. The third-order valence-corrected chi connectivity index (χ3v) is 11.7. The van der Waals surface area contributed by atoms with E-state index in [1.54, 1.807) is 0 Å². The second kappa shape index (κ2) is 12.8. The first kappa shape index (κ1) is 32.6. The molecule has 41 heavy (non-hydrogen) atoms. The highest BCUT2D eigenvalue weighted by Crippen LogP contribution is 2.52. The largest absolute Gasteiger partial charge is 0.447 e. The maximum absolute atomic E-state index is 15.3. The Balaban J connectivity index is 1.85. The van der Waals surface area contributed by atoms with Crippen molar-refractivity contribution >= 4 is 21.2 Å². The summed E-state index contributed by atoms with van der Waals surface area (Å²) in [5.41, 5.74) is 1.93. The van der Waals surface area contributed by atoms with Crippen LogP contribution in [0.25, 0.3) is 0 Å². The first-order valence-corrected chi connectivity index (χ1v) is 17.3. The summed E-state index contributed by atoms with van der Waals surface area (Å²) in [7, 11) is -5.88. The van der Waals surface area contributed by atoms with E-state index in [1.165, 1.54) is 0 Å². The van der Waals surface area contributed by atoms with Gasteiger partial charge in [-0.25, -0.2) is 8.60 Å². The molecule has 1 aromatic rings. The quantitative estimate of drug-likeness (QED) is 0.191. The van der Waals surface area contributed by atoms with Crippen molar-refractivity contribution in [1.82, 2.24) is 0 Å². The van der Waals surface area contributed by atoms with Crippen LogP contribution >= 0.6 is 0 Å². The van der Waals surface area contributed by atoms with Crippen molar-refractivity contribution in [3.8, 4) is 5.75 Å². The van der Waals surface area contributed by atoms with E-state index in [1.807, 2.05) is 12.1 Å². The topological polar surface area (TPSA) is 69.7 Å². The minimum Gasteiger partial charge on any atom is -0.377 e. The van der Waals surface area contributed by atoms with Gasteiger partial charge in [0.25, 0.3) is 5.00 Å². The highest BCUT2D eigenvalue weighted by molar-refractivity contribution is 7.88. The third kappa shape index (κ3) is 6.35. The van der Waals surface area contributed by atoms with Crippen LogP contribution in [-0.4, -0.2) is 35.9 Å². The summed E-state index contributed by atoms with van der Waals surface area (Å²) < 4.78 is 123. The number of halogens is 5. The molecule has 5 nitrogen and oxygen atoms in total. The summed E-state index contributed by atoms with van der Waals surface area (Å²) >= 11 is -3.57. The van der Waals surface area contributed by atoms with E-state index in [0.717, 1.165) is 76.2 Å². The van der Waals surface area contributed by atoms with Crippen LogP contribution in [-0.2, 0) is 25.4 Å². The Bertz CT molecular complexity index is 1150. The lowest BCUT2D eigenvalue weighted by molar-refractivity contribution is -0.205. The molecule has 3 saturated carbocycles. The van der Waals surface area contributed by atoms with E-state index in [-0.39, 0.29) is 30.4 Å². The Labute approximate surface area is 242 Å². The van der Waals surface area contributed by atoms with Crippen LogP contribution in [0.5, 0.6) is 5.75 Å². The second-order valence-corrected chi connectivity index (χ2v) is 15.1. The molecule has 0 saturated heterocycles.